The fourth-order valence-corrected chi connectivity index (χ4v) is 4.77. The van der Waals surface area contributed by atoms with E-state index in [1.54, 1.807) is 7.05 Å². The maximum atomic E-state index is 12.7. The average Bonchev–Trinajstić information content (AvgIpc) is 3.43. The van der Waals surface area contributed by atoms with E-state index in [9.17, 15) is 14.4 Å². The topological polar surface area (TPSA) is 105 Å². The van der Waals surface area contributed by atoms with Crippen LogP contribution in [0, 0.1) is 5.92 Å². The van der Waals surface area contributed by atoms with Gasteiger partial charge in [-0.1, -0.05) is 48.5 Å². The first-order chi connectivity index (χ1) is 16.5. The monoisotopic (exact) mass is 466 g/mol. The SMILES string of the molecule is CN(CCCC(=O)O)C(=O)[C@H]1OCC[C@H]1CNC(=O)OCC1c2ccccc2-c2ccccc21. The van der Waals surface area contributed by atoms with Crippen LogP contribution < -0.4 is 5.32 Å². The van der Waals surface area contributed by atoms with E-state index in [1.165, 1.54) is 16.0 Å². The lowest BCUT2D eigenvalue weighted by Crippen LogP contribution is -2.43. The van der Waals surface area contributed by atoms with Gasteiger partial charge in [0.05, 0.1) is 0 Å². The second kappa shape index (κ2) is 10.7. The Morgan fingerprint density at radius 2 is 1.74 bits per heavy atom. The molecule has 1 saturated heterocycles. The fourth-order valence-electron chi connectivity index (χ4n) is 4.77. The number of benzene rings is 2. The van der Waals surface area contributed by atoms with Gasteiger partial charge in [-0.3, -0.25) is 9.59 Å². The summed E-state index contributed by atoms with van der Waals surface area (Å²) in [5.74, 6) is -1.25. The summed E-state index contributed by atoms with van der Waals surface area (Å²) < 4.78 is 11.2. The van der Waals surface area contributed by atoms with Crippen LogP contribution in [0.2, 0.25) is 0 Å². The molecule has 1 aliphatic carbocycles. The van der Waals surface area contributed by atoms with E-state index in [2.05, 4.69) is 29.6 Å². The Hall–Kier alpha value is -3.39. The quantitative estimate of drug-likeness (QED) is 0.588. The Kier molecular flexibility index (Phi) is 7.47. The number of aliphatic carboxylic acids is 1. The lowest BCUT2D eigenvalue weighted by Gasteiger charge is -2.24. The number of hydrogen-bond donors (Lipinski definition) is 2. The zero-order chi connectivity index (χ0) is 24.1. The number of carboxylic acids is 1. The highest BCUT2D eigenvalue weighted by atomic mass is 16.5. The molecule has 180 valence electrons. The number of hydrogen-bond acceptors (Lipinski definition) is 5. The third kappa shape index (κ3) is 5.22. The summed E-state index contributed by atoms with van der Waals surface area (Å²) >= 11 is 0. The third-order valence-electron chi connectivity index (χ3n) is 6.57. The molecule has 0 unspecified atom stereocenters. The smallest absolute Gasteiger partial charge is 0.407 e. The number of carbonyl (C=O) groups excluding carboxylic acids is 2. The minimum Gasteiger partial charge on any atom is -0.481 e. The molecule has 8 heteroatoms. The summed E-state index contributed by atoms with van der Waals surface area (Å²) in [6.07, 6.45) is -0.121. The minimum atomic E-state index is -0.886. The van der Waals surface area contributed by atoms with Gasteiger partial charge < -0.3 is 24.8 Å². The van der Waals surface area contributed by atoms with Gasteiger partial charge in [0.25, 0.3) is 5.91 Å². The summed E-state index contributed by atoms with van der Waals surface area (Å²) in [5, 5.41) is 11.6. The number of likely N-dealkylation sites (N-methyl/N-ethyl adjacent to an activating group) is 1. The molecule has 0 bridgehead atoms. The zero-order valence-electron chi connectivity index (χ0n) is 19.2. The highest BCUT2D eigenvalue weighted by molar-refractivity contribution is 5.81. The van der Waals surface area contributed by atoms with Crippen molar-refractivity contribution in [3.8, 4) is 11.1 Å². The minimum absolute atomic E-state index is 0.00983. The molecule has 2 amide bonds. The van der Waals surface area contributed by atoms with Crippen molar-refractivity contribution in [3.63, 3.8) is 0 Å². The van der Waals surface area contributed by atoms with Crippen LogP contribution >= 0.6 is 0 Å². The maximum absolute atomic E-state index is 12.7. The molecule has 0 aromatic heterocycles. The van der Waals surface area contributed by atoms with E-state index in [0.717, 1.165) is 11.1 Å². The summed E-state index contributed by atoms with van der Waals surface area (Å²) in [6.45, 7) is 1.29. The van der Waals surface area contributed by atoms with Gasteiger partial charge in [-0.15, -0.1) is 0 Å². The van der Waals surface area contributed by atoms with Crippen molar-refractivity contribution in [1.29, 1.82) is 0 Å². The second-order valence-corrected chi connectivity index (χ2v) is 8.80. The fraction of sp³-hybridized carbons (Fsp3) is 0.423. The standard InChI is InChI=1S/C26H30N2O6/c1-28(13-6-11-23(29)30)25(31)24-17(12-14-33-24)15-27-26(32)34-16-22-20-9-4-2-7-18(20)19-8-3-5-10-21(19)22/h2-5,7-10,17,22,24H,6,11-16H2,1H3,(H,27,32)(H,29,30)/t17-,24-/m0/s1. The van der Waals surface area contributed by atoms with Crippen molar-refractivity contribution in [2.75, 3.05) is 33.4 Å². The molecular formula is C26H30N2O6. The van der Waals surface area contributed by atoms with E-state index < -0.39 is 18.2 Å². The van der Waals surface area contributed by atoms with Crippen molar-refractivity contribution < 1.29 is 29.0 Å². The predicted molar refractivity (Wildman–Crippen MR) is 125 cm³/mol. The van der Waals surface area contributed by atoms with Crippen molar-refractivity contribution >= 4 is 18.0 Å². The largest absolute Gasteiger partial charge is 0.481 e. The van der Waals surface area contributed by atoms with Gasteiger partial charge in [-0.05, 0) is 35.1 Å². The molecule has 0 radical (unpaired) electrons. The summed E-state index contributed by atoms with van der Waals surface area (Å²) in [6, 6.07) is 16.3. The molecule has 34 heavy (non-hydrogen) atoms. The summed E-state index contributed by atoms with van der Waals surface area (Å²) in [5.41, 5.74) is 4.64. The Morgan fingerprint density at radius 1 is 1.09 bits per heavy atom. The van der Waals surface area contributed by atoms with E-state index in [0.29, 0.717) is 26.0 Å². The van der Waals surface area contributed by atoms with Crippen molar-refractivity contribution in [1.82, 2.24) is 10.2 Å². The zero-order valence-corrected chi connectivity index (χ0v) is 19.2. The molecular weight excluding hydrogens is 436 g/mol. The van der Waals surface area contributed by atoms with E-state index in [4.69, 9.17) is 14.6 Å². The number of rotatable bonds is 9. The van der Waals surface area contributed by atoms with Crippen molar-refractivity contribution in [3.05, 3.63) is 59.7 Å². The highest BCUT2D eigenvalue weighted by Crippen LogP contribution is 2.44. The molecule has 0 spiro atoms. The van der Waals surface area contributed by atoms with E-state index in [-0.39, 0.29) is 37.3 Å². The molecule has 1 aliphatic heterocycles. The number of ether oxygens (including phenoxy) is 2. The molecule has 2 aliphatic rings. The molecule has 2 aromatic rings. The first-order valence-corrected chi connectivity index (χ1v) is 11.6. The Bertz CT molecular complexity index is 1010. The van der Waals surface area contributed by atoms with Crippen molar-refractivity contribution in [2.45, 2.75) is 31.3 Å². The molecule has 8 nitrogen and oxygen atoms in total. The van der Waals surface area contributed by atoms with Gasteiger partial charge in [0, 0.05) is 45.0 Å². The third-order valence-corrected chi connectivity index (χ3v) is 6.57. The van der Waals surface area contributed by atoms with Crippen LogP contribution in [-0.4, -0.2) is 67.4 Å². The molecule has 2 atom stereocenters. The van der Waals surface area contributed by atoms with Crippen LogP contribution in [-0.2, 0) is 19.1 Å². The molecule has 4 rings (SSSR count). The molecule has 2 aromatic carbocycles. The number of carboxylic acid groups (broad SMARTS) is 1. The van der Waals surface area contributed by atoms with Crippen LogP contribution in [0.15, 0.2) is 48.5 Å². The number of carbonyl (C=O) groups is 3. The van der Waals surface area contributed by atoms with Gasteiger partial charge in [-0.25, -0.2) is 4.79 Å². The number of alkyl carbamates (subject to hydrolysis) is 1. The van der Waals surface area contributed by atoms with E-state index >= 15 is 0 Å². The molecule has 1 heterocycles. The maximum Gasteiger partial charge on any atom is 0.407 e. The van der Waals surface area contributed by atoms with Crippen LogP contribution in [0.1, 0.15) is 36.3 Å². The normalized spacial score (nSPS) is 18.7. The van der Waals surface area contributed by atoms with Gasteiger partial charge >= 0.3 is 12.1 Å². The molecule has 1 fully saturated rings. The van der Waals surface area contributed by atoms with Gasteiger partial charge in [0.15, 0.2) is 0 Å². The second-order valence-electron chi connectivity index (χ2n) is 8.80. The number of nitrogens with zero attached hydrogens (tertiary/aromatic N) is 1. The first-order valence-electron chi connectivity index (χ1n) is 11.6. The van der Waals surface area contributed by atoms with Gasteiger partial charge in [0.1, 0.15) is 12.7 Å². The van der Waals surface area contributed by atoms with Crippen LogP contribution in [0.3, 0.4) is 0 Å². The van der Waals surface area contributed by atoms with Crippen LogP contribution in [0.25, 0.3) is 11.1 Å². The Morgan fingerprint density at radius 3 is 2.38 bits per heavy atom. The lowest BCUT2D eigenvalue weighted by molar-refractivity contribution is -0.142. The number of fused-ring (bicyclic) bond motifs is 3. The summed E-state index contributed by atoms with van der Waals surface area (Å²) in [7, 11) is 1.64. The van der Waals surface area contributed by atoms with Gasteiger partial charge in [0.2, 0.25) is 0 Å². The Labute approximate surface area is 198 Å². The van der Waals surface area contributed by atoms with Gasteiger partial charge in [-0.2, -0.15) is 0 Å². The predicted octanol–water partition coefficient (Wildman–Crippen LogP) is 3.25. The number of amides is 2. The number of nitrogens with one attached hydrogen (secondary N) is 1. The summed E-state index contributed by atoms with van der Waals surface area (Å²) in [4.78, 5) is 37.4. The first kappa shape index (κ1) is 23.8. The highest BCUT2D eigenvalue weighted by Gasteiger charge is 2.36. The molecule has 0 saturated carbocycles. The lowest BCUT2D eigenvalue weighted by atomic mass is 9.98. The molecule has 2 N–H and O–H groups in total. The average molecular weight is 467 g/mol. The Balaban J connectivity index is 1.28. The van der Waals surface area contributed by atoms with E-state index in [1.807, 2.05) is 24.3 Å². The van der Waals surface area contributed by atoms with Crippen molar-refractivity contribution in [2.24, 2.45) is 5.92 Å². The van der Waals surface area contributed by atoms with Crippen LogP contribution in [0.4, 0.5) is 4.79 Å². The van der Waals surface area contributed by atoms with Crippen LogP contribution in [0.5, 0.6) is 0 Å².